The van der Waals surface area contributed by atoms with E-state index in [1.54, 1.807) is 13.8 Å². The smallest absolute Gasteiger partial charge is 0.406 e. The number of aliphatic hydroxyl groups is 2. The van der Waals surface area contributed by atoms with Crippen molar-refractivity contribution in [2.75, 3.05) is 349 Å². The third kappa shape index (κ3) is 48.6. The molecule has 3 unspecified atom stereocenters. The molecule has 8 N–H and O–H groups in total. The lowest BCUT2D eigenvalue weighted by atomic mass is 9.81. The number of nitrogens with one attached hydrogen (secondary N) is 5. The molecule has 2 aromatic heterocycles. The lowest BCUT2D eigenvalue weighted by Crippen LogP contribution is -2.44. The Kier molecular flexibility index (Phi) is 63.9. The second-order valence-corrected chi connectivity index (χ2v) is 35.4. The summed E-state index contributed by atoms with van der Waals surface area (Å²) in [6, 6.07) is 6.92. The molecule has 0 saturated heterocycles. The molecule has 0 radical (unpaired) electrons. The van der Waals surface area contributed by atoms with Crippen LogP contribution in [0.2, 0.25) is 0 Å². The highest BCUT2D eigenvalue weighted by atomic mass is 31.2. The van der Waals surface area contributed by atoms with Crippen molar-refractivity contribution in [3.05, 3.63) is 91.5 Å². The Morgan fingerprint density at radius 1 is 0.535 bits per heavy atom. The standard InChI is InChI=1S/C94H148FN7O38P2/c1-5-94(111)80-68-84-89-78(70-102(84)91(107)79(80)71-137-93(94)110)88-82(15-14-77-73(3)81(95)69-83(100-89)87(77)88)99-86(105)72-140-142(113,97-18-16-85(104)98-74(4)92(108)109)139-20-9-7-8-17-96-90(106)75-10-12-76(13-11-75)101-141(112,6-2)138-67-66-136-65-64-135-63-62-134-61-60-133-59-58-132-57-56-131-55-54-130-53-52-129-51-50-128-49-48-127-47-46-126-45-44-125-43-42-124-41-40-123-39-38-122-37-36-121-35-34-120-33-32-119-31-30-118-29-28-117-27-26-116-25-24-115-23-22-114-21-19-103/h2,10-13,68-69,74,82,103,111H,5,7-9,14-67,70-72H2,1,3-4H3,(H,96,106)(H,97,113)(H,98,104)(H,99,105)(H,101,112)(H,108,109)/t74?,82-,94-,141?,142?/m0/s1. The number of pyridine rings is 2. The maximum atomic E-state index is 15.6. The Balaban J connectivity index is 0.577. The zero-order valence-corrected chi connectivity index (χ0v) is 83.9. The molecule has 142 heavy (non-hydrogen) atoms. The van der Waals surface area contributed by atoms with Gasteiger partial charge in [0.2, 0.25) is 11.8 Å². The topological polar surface area (TPSA) is 524 Å². The minimum atomic E-state index is -4.39. The number of fused-ring (bicyclic) bond motifs is 5. The number of carboxylic acid groups (broad SMARTS) is 1. The van der Waals surface area contributed by atoms with Crippen molar-refractivity contribution in [1.29, 1.82) is 0 Å². The highest BCUT2D eigenvalue weighted by molar-refractivity contribution is 7.65. The van der Waals surface area contributed by atoms with E-state index in [1.807, 2.05) is 0 Å². The highest BCUT2D eigenvalue weighted by Crippen LogP contribution is 2.48. The summed E-state index contributed by atoms with van der Waals surface area (Å²) < 4.78 is 193. The molecule has 0 spiro atoms. The Hall–Kier alpha value is -7.26. The summed E-state index contributed by atoms with van der Waals surface area (Å²) >= 11 is 0. The number of halogens is 1. The number of unbranched alkanes of at least 4 members (excludes halogenated alkanes) is 2. The predicted octanol–water partition coefficient (Wildman–Crippen LogP) is 4.53. The SMILES string of the molecule is C#CP(=O)(Nc1ccc(C(=O)NCCCCCOP(=O)(NCCC(=O)NC(C)C(=O)O)OCC(=O)N[C@H]2CCc3c(C)c(F)cc4nc5c(c2c34)Cn2c-5cc3c(c2=O)COC(=O)[C@]3(O)CC)cc1)OCCOCCOCCOCCOCCOCCOCCOCCOCCOCCOCCOCCOCCOCCOCCOCCOCCOCCOCCOCCOCCOCCOCCOCCO. The first-order chi connectivity index (χ1) is 69.2. The second-order valence-electron chi connectivity index (χ2n) is 31.7. The summed E-state index contributed by atoms with van der Waals surface area (Å²) in [5.41, 5.74) is 3.41. The van der Waals surface area contributed by atoms with Crippen molar-refractivity contribution >= 4 is 61.5 Å². The number of esters is 1. The number of amides is 3. The molecule has 3 aliphatic rings. The molecule has 48 heteroatoms. The number of carbonyl (C=O) groups is 5. The van der Waals surface area contributed by atoms with E-state index in [9.17, 15) is 48.1 Å². The largest absolute Gasteiger partial charge is 0.480 e. The van der Waals surface area contributed by atoms with E-state index in [4.69, 9.17) is 144 Å². The van der Waals surface area contributed by atoms with Crippen molar-refractivity contribution < 1.29 is 180 Å². The van der Waals surface area contributed by atoms with E-state index in [0.29, 0.717) is 354 Å². The lowest BCUT2D eigenvalue weighted by Gasteiger charge is -2.31. The van der Waals surface area contributed by atoms with Crippen molar-refractivity contribution in [2.45, 2.75) is 96.6 Å². The predicted molar refractivity (Wildman–Crippen MR) is 510 cm³/mol. The Bertz CT molecular complexity index is 4420. The van der Waals surface area contributed by atoms with Crippen LogP contribution in [0.1, 0.15) is 102 Å². The van der Waals surface area contributed by atoms with Gasteiger partial charge in [0.15, 0.2) is 5.60 Å². The molecule has 3 amide bonds. The van der Waals surface area contributed by atoms with E-state index >= 15 is 4.39 Å². The van der Waals surface area contributed by atoms with Crippen LogP contribution >= 0.6 is 15.3 Å². The fraction of sp³-hybridized carbons (Fsp3) is 0.713. The van der Waals surface area contributed by atoms with Gasteiger partial charge in [-0.15, -0.1) is 6.42 Å². The van der Waals surface area contributed by atoms with Crippen molar-refractivity contribution in [1.82, 2.24) is 30.6 Å². The summed E-state index contributed by atoms with van der Waals surface area (Å²) in [5, 5.41) is 43.4. The first kappa shape index (κ1) is 122. The number of aryl methyl sites for hydroxylation is 1. The summed E-state index contributed by atoms with van der Waals surface area (Å²) in [4.78, 5) is 83.0. The first-order valence-electron chi connectivity index (χ1n) is 48.3. The molecule has 7 rings (SSSR count). The quantitative estimate of drug-likeness (QED) is 0.0115. The van der Waals surface area contributed by atoms with Gasteiger partial charge in [-0.05, 0) is 99.4 Å². The van der Waals surface area contributed by atoms with Gasteiger partial charge in [-0.25, -0.2) is 23.8 Å². The summed E-state index contributed by atoms with van der Waals surface area (Å²) in [6.07, 6.45) is 6.99. The van der Waals surface area contributed by atoms with Crippen LogP contribution in [0.5, 0.6) is 0 Å². The fourth-order valence-electron chi connectivity index (χ4n) is 14.0. The van der Waals surface area contributed by atoms with Crippen molar-refractivity contribution in [3.8, 4) is 23.5 Å². The van der Waals surface area contributed by atoms with Gasteiger partial charge < -0.3 is 159 Å². The van der Waals surface area contributed by atoms with Gasteiger partial charge in [0.05, 0.1) is 359 Å². The third-order valence-electron chi connectivity index (χ3n) is 21.4. The molecule has 45 nitrogen and oxygen atoms in total. The number of benzene rings is 2. The van der Waals surface area contributed by atoms with Crippen LogP contribution in [0.25, 0.3) is 22.3 Å². The Morgan fingerprint density at radius 2 is 0.944 bits per heavy atom. The van der Waals surface area contributed by atoms with Gasteiger partial charge in [0, 0.05) is 59.0 Å². The van der Waals surface area contributed by atoms with E-state index in [0.717, 1.165) is 0 Å². The van der Waals surface area contributed by atoms with Gasteiger partial charge in [0.1, 0.15) is 25.1 Å². The number of cyclic esters (lactones) is 1. The number of nitrogens with zero attached hydrogens (tertiary/aromatic N) is 2. The molecule has 0 fully saturated rings. The molecule has 0 bridgehead atoms. The molecule has 5 atom stereocenters. The van der Waals surface area contributed by atoms with Crippen LogP contribution in [0.4, 0.5) is 10.1 Å². The van der Waals surface area contributed by atoms with Crippen molar-refractivity contribution in [2.24, 2.45) is 0 Å². The molecule has 804 valence electrons. The number of rotatable bonds is 93. The fourth-order valence-corrected chi connectivity index (χ4v) is 16.3. The summed E-state index contributed by atoms with van der Waals surface area (Å²) in [6.45, 7) is 22.7. The van der Waals surface area contributed by atoms with E-state index in [-0.39, 0.29) is 107 Å². The number of aliphatic hydroxyl groups excluding tert-OH is 1. The number of carboxylic acids is 1. The molecule has 4 aromatic rings. The van der Waals surface area contributed by atoms with Crippen molar-refractivity contribution in [3.63, 3.8) is 0 Å². The van der Waals surface area contributed by atoms with Gasteiger partial charge >= 0.3 is 27.2 Å². The molecule has 4 heterocycles. The number of aliphatic carboxylic acids is 1. The number of carbonyl (C=O) groups excluding carboxylic acids is 4. The lowest BCUT2D eigenvalue weighted by molar-refractivity contribution is -0.172. The molecule has 0 saturated carbocycles. The summed E-state index contributed by atoms with van der Waals surface area (Å²) in [5.74, 6) is -4.49. The van der Waals surface area contributed by atoms with Crippen LogP contribution in [-0.2, 0) is 181 Å². The number of hydrogen-bond acceptors (Lipinski definition) is 38. The molecular formula is C94H148FN7O38P2. The number of aromatic nitrogens is 2. The average Bonchev–Trinajstić information content (AvgIpc) is 1.54. The highest BCUT2D eigenvalue weighted by Gasteiger charge is 2.46. The zero-order chi connectivity index (χ0) is 102. The second kappa shape index (κ2) is 74.6. The minimum absolute atomic E-state index is 0.00831. The van der Waals surface area contributed by atoms with Crippen LogP contribution in [0.15, 0.2) is 41.2 Å². The first-order valence-corrected chi connectivity index (χ1v) is 51.5. The van der Waals surface area contributed by atoms with Gasteiger partial charge in [-0.3, -0.25) is 37.6 Å². The molecule has 2 aromatic carbocycles. The molecular weight excluding hydrogens is 1920 g/mol. The van der Waals surface area contributed by atoms with E-state index in [2.05, 4.69) is 31.8 Å². The van der Waals surface area contributed by atoms with Gasteiger partial charge in [0.25, 0.3) is 11.5 Å². The van der Waals surface area contributed by atoms with E-state index in [1.165, 1.54) is 47.9 Å². The molecule has 2 aliphatic heterocycles. The number of hydrogen-bond donors (Lipinski definition) is 8. The number of terminal acetylenes is 1. The van der Waals surface area contributed by atoms with Crippen LogP contribution < -0.4 is 31.7 Å². The summed E-state index contributed by atoms with van der Waals surface area (Å²) in [7, 11) is -8.20. The third-order valence-corrected chi connectivity index (χ3v) is 24.4. The van der Waals surface area contributed by atoms with E-state index < -0.39 is 80.6 Å². The monoisotopic (exact) mass is 2060 g/mol. The minimum Gasteiger partial charge on any atom is -0.480 e. The Labute approximate surface area is 828 Å². The number of ether oxygens (including phenoxy) is 24. The maximum Gasteiger partial charge on any atom is 0.406 e. The average molecular weight is 2070 g/mol. The van der Waals surface area contributed by atoms with Gasteiger partial charge in [-0.2, -0.15) is 0 Å². The Morgan fingerprint density at radius 3 is 1.34 bits per heavy atom. The maximum absolute atomic E-state index is 15.6. The molecule has 1 aliphatic carbocycles. The zero-order valence-electron chi connectivity index (χ0n) is 82.1. The number of anilines is 1. The van der Waals surface area contributed by atoms with Crippen LogP contribution in [-0.4, -0.2) is 404 Å². The van der Waals surface area contributed by atoms with Crippen LogP contribution in [0.3, 0.4) is 0 Å². The van der Waals surface area contributed by atoms with Crippen LogP contribution in [0, 0.1) is 24.8 Å². The van der Waals surface area contributed by atoms with Gasteiger partial charge in [-0.1, -0.05) is 6.92 Å². The normalized spacial score (nSPS) is 15.3.